The molecule has 0 heterocycles. The van der Waals surface area contributed by atoms with Gasteiger partial charge in [-0.05, 0) is 23.7 Å². The third kappa shape index (κ3) is 54.2. The Morgan fingerprint density at radius 2 is 1.00 bits per heavy atom. The van der Waals surface area contributed by atoms with Crippen molar-refractivity contribution in [2.45, 2.75) is 26.7 Å². The summed E-state index contributed by atoms with van der Waals surface area (Å²) in [6.07, 6.45) is 5.09. The number of hydrogen-bond acceptors (Lipinski definition) is 0. The molecule has 0 aromatic rings. The Balaban J connectivity index is 0. The molecule has 0 radical (unpaired) electrons. The van der Waals surface area contributed by atoms with Gasteiger partial charge in [0, 0.05) is 0 Å². The zero-order valence-corrected chi connectivity index (χ0v) is 10.7. The molecule has 98 valence electrons. The fourth-order valence-electron chi connectivity index (χ4n) is 0.799. The molecule has 0 saturated carbocycles. The molecule has 0 N–H and O–H groups in total. The van der Waals surface area contributed by atoms with E-state index in [1.54, 1.807) is 0 Å². The SMILES string of the molecule is CCC[S+](C)CCC.F[P-](F)(F)(F)(F)F. The Kier molecular flexibility index (Phi) is 6.06. The van der Waals surface area contributed by atoms with Crippen molar-refractivity contribution >= 4 is 18.7 Å². The van der Waals surface area contributed by atoms with Crippen LogP contribution in [0.5, 0.6) is 0 Å². The van der Waals surface area contributed by atoms with E-state index in [4.69, 9.17) is 0 Å². The molecule has 15 heavy (non-hydrogen) atoms. The van der Waals surface area contributed by atoms with E-state index in [1.165, 1.54) is 24.3 Å². The van der Waals surface area contributed by atoms with Gasteiger partial charge < -0.3 is 0 Å². The Bertz CT molecular complexity index is 155. The van der Waals surface area contributed by atoms with Gasteiger partial charge in [0.15, 0.2) is 0 Å². The third-order valence-corrected chi connectivity index (χ3v) is 3.32. The quantitative estimate of drug-likeness (QED) is 0.365. The first-order valence-electron chi connectivity index (χ1n) is 4.41. The van der Waals surface area contributed by atoms with E-state index in [0.29, 0.717) is 0 Å². The van der Waals surface area contributed by atoms with Gasteiger partial charge in [-0.2, -0.15) is 0 Å². The maximum absolute atomic E-state index is 10.7. The van der Waals surface area contributed by atoms with Crippen molar-refractivity contribution in [1.82, 2.24) is 0 Å². The molecule has 0 unspecified atom stereocenters. The van der Waals surface area contributed by atoms with E-state index >= 15 is 0 Å². The monoisotopic (exact) mass is 278 g/mol. The first-order valence-corrected chi connectivity index (χ1v) is 8.41. The molecular weight excluding hydrogens is 261 g/mol. The van der Waals surface area contributed by atoms with Crippen molar-refractivity contribution in [3.8, 4) is 0 Å². The van der Waals surface area contributed by atoms with E-state index in [-0.39, 0.29) is 0 Å². The summed E-state index contributed by atoms with van der Waals surface area (Å²) in [5, 5.41) is 0. The van der Waals surface area contributed by atoms with E-state index in [9.17, 15) is 25.2 Å². The van der Waals surface area contributed by atoms with Crippen LogP contribution >= 0.6 is 7.81 Å². The normalized spacial score (nSPS) is 16.4. The van der Waals surface area contributed by atoms with Crippen LogP contribution in [0.25, 0.3) is 0 Å². The average molecular weight is 278 g/mol. The van der Waals surface area contributed by atoms with Crippen LogP contribution in [0, 0.1) is 0 Å². The van der Waals surface area contributed by atoms with Gasteiger partial charge in [0.05, 0.1) is 6.26 Å². The summed E-state index contributed by atoms with van der Waals surface area (Å²) in [6.45, 7) is 4.53. The molecule has 0 amide bonds. The van der Waals surface area contributed by atoms with E-state index in [2.05, 4.69) is 20.1 Å². The summed E-state index contributed by atoms with van der Waals surface area (Å²) in [5.41, 5.74) is 0. The average Bonchev–Trinajstić information content (AvgIpc) is 1.80. The van der Waals surface area contributed by atoms with Gasteiger partial charge in [-0.1, -0.05) is 13.8 Å². The Morgan fingerprint density at radius 3 is 1.13 bits per heavy atom. The molecule has 0 fully saturated rings. The van der Waals surface area contributed by atoms with Gasteiger partial charge in [0.25, 0.3) is 0 Å². The summed E-state index contributed by atoms with van der Waals surface area (Å²) >= 11 is 0. The third-order valence-electron chi connectivity index (χ3n) is 1.11. The van der Waals surface area contributed by atoms with Gasteiger partial charge in [0.1, 0.15) is 11.5 Å². The van der Waals surface area contributed by atoms with Crippen molar-refractivity contribution < 1.29 is 25.2 Å². The van der Waals surface area contributed by atoms with Crippen molar-refractivity contribution in [3.05, 3.63) is 0 Å². The van der Waals surface area contributed by atoms with Crippen LogP contribution in [-0.4, -0.2) is 17.8 Å². The fourth-order valence-corrected chi connectivity index (χ4v) is 2.40. The van der Waals surface area contributed by atoms with E-state index in [1.807, 2.05) is 0 Å². The number of hydrogen-bond donors (Lipinski definition) is 0. The van der Waals surface area contributed by atoms with Crippen LogP contribution in [0.1, 0.15) is 26.7 Å². The molecular formula is C7H17F6PS. The zero-order valence-electron chi connectivity index (χ0n) is 8.95. The molecule has 0 aliphatic rings. The van der Waals surface area contributed by atoms with E-state index < -0.39 is 7.81 Å². The van der Waals surface area contributed by atoms with Gasteiger partial charge in [-0.25, -0.2) is 0 Å². The Hall–Kier alpha value is 0.360. The molecule has 0 nitrogen and oxygen atoms in total. The predicted molar refractivity (Wildman–Crippen MR) is 57.2 cm³/mol. The van der Waals surface area contributed by atoms with Crippen molar-refractivity contribution in [1.29, 1.82) is 0 Å². The summed E-state index contributed by atoms with van der Waals surface area (Å²) in [7, 11) is -9.93. The molecule has 0 saturated heterocycles. The van der Waals surface area contributed by atoms with Crippen molar-refractivity contribution in [2.75, 3.05) is 17.8 Å². The fraction of sp³-hybridized carbons (Fsp3) is 1.00. The summed E-state index contributed by atoms with van der Waals surface area (Å²) in [5.74, 6) is 2.88. The summed E-state index contributed by atoms with van der Waals surface area (Å²) in [4.78, 5) is 0. The molecule has 0 aromatic carbocycles. The van der Waals surface area contributed by atoms with E-state index in [0.717, 1.165) is 10.9 Å². The molecule has 0 bridgehead atoms. The van der Waals surface area contributed by atoms with Crippen LogP contribution in [-0.2, 0) is 10.9 Å². The first kappa shape index (κ1) is 17.7. The van der Waals surface area contributed by atoms with Crippen molar-refractivity contribution in [2.24, 2.45) is 0 Å². The van der Waals surface area contributed by atoms with Crippen LogP contribution in [0.4, 0.5) is 25.2 Å². The van der Waals surface area contributed by atoms with Gasteiger partial charge in [-0.3, -0.25) is 0 Å². The molecule has 8 heteroatoms. The Labute approximate surface area is 89.0 Å². The second-order valence-corrected chi connectivity index (χ2v) is 7.44. The molecule has 0 rings (SSSR count). The number of rotatable bonds is 4. The van der Waals surface area contributed by atoms with Gasteiger partial charge in [0.2, 0.25) is 0 Å². The van der Waals surface area contributed by atoms with Crippen LogP contribution in [0.2, 0.25) is 0 Å². The first-order chi connectivity index (χ1) is 6.26. The predicted octanol–water partition coefficient (Wildman–Crippen LogP) is 5.44. The minimum atomic E-state index is -10.7. The zero-order chi connectivity index (χ0) is 12.8. The van der Waals surface area contributed by atoms with Crippen LogP contribution < -0.4 is 0 Å². The second kappa shape index (κ2) is 5.13. The second-order valence-electron chi connectivity index (χ2n) is 3.15. The summed E-state index contributed by atoms with van der Waals surface area (Å²) in [6, 6.07) is 0. The van der Waals surface area contributed by atoms with Crippen molar-refractivity contribution in [3.63, 3.8) is 0 Å². The standard InChI is InChI=1S/C7H17S.F6P/c1-4-6-8(3)7-5-2;1-7(2,3,4,5)6/h4-7H2,1-3H3;/q+1;-1. The Morgan fingerprint density at radius 1 is 0.800 bits per heavy atom. The minimum absolute atomic E-state index is 0.730. The van der Waals surface area contributed by atoms with Gasteiger partial charge >= 0.3 is 33.0 Å². The van der Waals surface area contributed by atoms with Gasteiger partial charge in [-0.15, -0.1) is 0 Å². The maximum atomic E-state index is 9.87. The molecule has 0 aliphatic heterocycles. The van der Waals surface area contributed by atoms with Crippen LogP contribution in [0.15, 0.2) is 0 Å². The molecule has 0 spiro atoms. The van der Waals surface area contributed by atoms with Crippen LogP contribution in [0.3, 0.4) is 0 Å². The molecule has 0 aliphatic carbocycles. The number of halogens is 6. The topological polar surface area (TPSA) is 0 Å². The summed E-state index contributed by atoms with van der Waals surface area (Å²) < 4.78 is 59.2. The molecule has 0 atom stereocenters. The molecule has 0 aromatic heterocycles.